The smallest absolute Gasteiger partial charge is 0.141 e. The normalized spacial score (nSPS) is 12.5. The van der Waals surface area contributed by atoms with Crippen molar-refractivity contribution >= 4 is 39.1 Å². The third kappa shape index (κ3) is 3.69. The van der Waals surface area contributed by atoms with Gasteiger partial charge in [0.05, 0.1) is 11.1 Å². The Labute approximate surface area is 129 Å². The molecule has 0 amide bonds. The fraction of sp³-hybridized carbons (Fsp3) is 0.143. The molecule has 0 saturated heterocycles. The second-order valence-electron chi connectivity index (χ2n) is 4.13. The highest BCUT2D eigenvalue weighted by molar-refractivity contribution is 9.10. The van der Waals surface area contributed by atoms with Crippen LogP contribution in [0.1, 0.15) is 17.2 Å². The van der Waals surface area contributed by atoms with Gasteiger partial charge in [0.2, 0.25) is 0 Å². The maximum Gasteiger partial charge on any atom is 0.141 e. The van der Waals surface area contributed by atoms with Crippen LogP contribution in [0.4, 0.5) is 4.39 Å². The van der Waals surface area contributed by atoms with Crippen molar-refractivity contribution in [3.8, 4) is 0 Å². The van der Waals surface area contributed by atoms with Crippen LogP contribution >= 0.6 is 39.1 Å². The largest absolute Gasteiger partial charge is 0.388 e. The van der Waals surface area contributed by atoms with Crippen LogP contribution in [0.15, 0.2) is 40.9 Å². The lowest BCUT2D eigenvalue weighted by atomic mass is 10.0. The lowest BCUT2D eigenvalue weighted by Gasteiger charge is -2.13. The van der Waals surface area contributed by atoms with Crippen LogP contribution in [0.3, 0.4) is 0 Å². The van der Waals surface area contributed by atoms with E-state index in [2.05, 4.69) is 15.9 Å². The Morgan fingerprint density at radius 1 is 1.16 bits per heavy atom. The van der Waals surface area contributed by atoms with Crippen LogP contribution in [-0.4, -0.2) is 5.11 Å². The fourth-order valence-corrected chi connectivity index (χ4v) is 2.66. The number of rotatable bonds is 3. The quantitative estimate of drug-likeness (QED) is 0.797. The number of halogens is 4. The van der Waals surface area contributed by atoms with Gasteiger partial charge in [-0.1, -0.05) is 45.2 Å². The first-order chi connectivity index (χ1) is 8.97. The summed E-state index contributed by atoms with van der Waals surface area (Å²) in [5, 5.41) is 10.8. The predicted octanol–water partition coefficient (Wildman–Crippen LogP) is 5.17. The average molecular weight is 364 g/mol. The Bertz CT molecular complexity index is 604. The van der Waals surface area contributed by atoms with Gasteiger partial charge in [-0.3, -0.25) is 0 Å². The van der Waals surface area contributed by atoms with E-state index < -0.39 is 11.9 Å². The molecular formula is C14H10BrCl2FO. The van der Waals surface area contributed by atoms with E-state index in [1.165, 1.54) is 12.1 Å². The molecule has 0 bridgehead atoms. The lowest BCUT2D eigenvalue weighted by molar-refractivity contribution is 0.177. The van der Waals surface area contributed by atoms with Crippen LogP contribution in [-0.2, 0) is 6.42 Å². The van der Waals surface area contributed by atoms with E-state index in [9.17, 15) is 9.50 Å². The molecule has 0 heterocycles. The van der Waals surface area contributed by atoms with E-state index in [1.807, 2.05) is 0 Å². The standard InChI is InChI=1S/C14H10BrCl2FO/c15-11-3-2-9(16)7-10(11)14(19)6-8-1-4-13(18)12(17)5-8/h1-5,7,14,19H,6H2. The van der Waals surface area contributed by atoms with E-state index in [4.69, 9.17) is 23.2 Å². The molecule has 0 aromatic heterocycles. The molecule has 0 aliphatic rings. The minimum Gasteiger partial charge on any atom is -0.388 e. The summed E-state index contributed by atoms with van der Waals surface area (Å²) in [6.45, 7) is 0. The van der Waals surface area contributed by atoms with E-state index >= 15 is 0 Å². The zero-order chi connectivity index (χ0) is 14.0. The summed E-state index contributed by atoms with van der Waals surface area (Å²) in [4.78, 5) is 0. The zero-order valence-corrected chi connectivity index (χ0v) is 12.8. The van der Waals surface area contributed by atoms with Gasteiger partial charge in [-0.15, -0.1) is 0 Å². The highest BCUT2D eigenvalue weighted by Gasteiger charge is 2.13. The lowest BCUT2D eigenvalue weighted by Crippen LogP contribution is -2.03. The van der Waals surface area contributed by atoms with Crippen molar-refractivity contribution in [2.75, 3.05) is 0 Å². The van der Waals surface area contributed by atoms with Crippen molar-refractivity contribution < 1.29 is 9.50 Å². The fourth-order valence-electron chi connectivity index (χ4n) is 1.77. The Morgan fingerprint density at radius 3 is 2.58 bits per heavy atom. The average Bonchev–Trinajstić information content (AvgIpc) is 2.36. The van der Waals surface area contributed by atoms with Gasteiger partial charge < -0.3 is 5.11 Å². The van der Waals surface area contributed by atoms with Crippen molar-refractivity contribution in [2.24, 2.45) is 0 Å². The SMILES string of the molecule is OC(Cc1ccc(F)c(Cl)c1)c1cc(Cl)ccc1Br. The molecule has 1 N–H and O–H groups in total. The monoisotopic (exact) mass is 362 g/mol. The number of hydrogen-bond acceptors (Lipinski definition) is 1. The summed E-state index contributed by atoms with van der Waals surface area (Å²) in [7, 11) is 0. The Kier molecular flexibility index (Phi) is 4.85. The highest BCUT2D eigenvalue weighted by atomic mass is 79.9. The molecule has 0 aliphatic carbocycles. The third-order valence-corrected chi connectivity index (χ3v) is 3.98. The molecule has 1 unspecified atom stereocenters. The van der Waals surface area contributed by atoms with Crippen molar-refractivity contribution in [1.29, 1.82) is 0 Å². The minimum absolute atomic E-state index is 0.0508. The van der Waals surface area contributed by atoms with Crippen LogP contribution in [0.2, 0.25) is 10.0 Å². The second kappa shape index (κ2) is 6.23. The topological polar surface area (TPSA) is 20.2 Å². The predicted molar refractivity (Wildman–Crippen MR) is 79.2 cm³/mol. The molecule has 2 aromatic rings. The van der Waals surface area contributed by atoms with Gasteiger partial charge >= 0.3 is 0 Å². The van der Waals surface area contributed by atoms with Gasteiger partial charge in [-0.25, -0.2) is 4.39 Å². The molecule has 0 aliphatic heterocycles. The van der Waals surface area contributed by atoms with Gasteiger partial charge in [-0.2, -0.15) is 0 Å². The molecule has 100 valence electrons. The first-order valence-corrected chi connectivity index (χ1v) is 7.09. The van der Waals surface area contributed by atoms with Gasteiger partial charge in [0, 0.05) is 15.9 Å². The van der Waals surface area contributed by atoms with Crippen LogP contribution in [0, 0.1) is 5.82 Å². The van der Waals surface area contributed by atoms with Crippen LogP contribution in [0.25, 0.3) is 0 Å². The molecule has 2 aromatic carbocycles. The molecular weight excluding hydrogens is 354 g/mol. The summed E-state index contributed by atoms with van der Waals surface area (Å²) in [5.41, 5.74) is 1.44. The summed E-state index contributed by atoms with van der Waals surface area (Å²) >= 11 is 15.0. The molecule has 2 rings (SSSR count). The molecule has 0 spiro atoms. The molecule has 1 nitrogen and oxygen atoms in total. The van der Waals surface area contributed by atoms with Crippen molar-refractivity contribution in [3.63, 3.8) is 0 Å². The van der Waals surface area contributed by atoms with Gasteiger partial charge in [0.15, 0.2) is 0 Å². The third-order valence-electron chi connectivity index (χ3n) is 2.73. The van der Waals surface area contributed by atoms with E-state index in [1.54, 1.807) is 24.3 Å². The number of benzene rings is 2. The number of aliphatic hydroxyl groups is 1. The molecule has 0 radical (unpaired) electrons. The summed E-state index contributed by atoms with van der Waals surface area (Å²) in [6.07, 6.45) is -0.409. The van der Waals surface area contributed by atoms with Crippen molar-refractivity contribution in [2.45, 2.75) is 12.5 Å². The van der Waals surface area contributed by atoms with Gasteiger partial charge in [0.25, 0.3) is 0 Å². The number of hydrogen-bond donors (Lipinski definition) is 1. The Balaban J connectivity index is 2.22. The van der Waals surface area contributed by atoms with Crippen LogP contribution < -0.4 is 0 Å². The molecule has 19 heavy (non-hydrogen) atoms. The maximum absolute atomic E-state index is 13.1. The highest BCUT2D eigenvalue weighted by Crippen LogP contribution is 2.29. The molecule has 1 atom stereocenters. The summed E-state index contributed by atoms with van der Waals surface area (Å²) in [6, 6.07) is 9.61. The Hall–Kier alpha value is -0.610. The molecule has 5 heteroatoms. The van der Waals surface area contributed by atoms with Crippen molar-refractivity contribution in [1.82, 2.24) is 0 Å². The minimum atomic E-state index is -0.741. The van der Waals surface area contributed by atoms with Crippen LogP contribution in [0.5, 0.6) is 0 Å². The Morgan fingerprint density at radius 2 is 1.89 bits per heavy atom. The zero-order valence-electron chi connectivity index (χ0n) is 9.71. The first-order valence-electron chi connectivity index (χ1n) is 5.54. The van der Waals surface area contributed by atoms with Crippen molar-refractivity contribution in [3.05, 3.63) is 67.9 Å². The second-order valence-corrected chi connectivity index (χ2v) is 5.83. The molecule has 0 fully saturated rings. The summed E-state index contributed by atoms with van der Waals surface area (Å²) < 4.78 is 13.8. The molecule has 0 saturated carbocycles. The van der Waals surface area contributed by atoms with Gasteiger partial charge in [0.1, 0.15) is 5.82 Å². The number of aliphatic hydroxyl groups excluding tert-OH is 1. The van der Waals surface area contributed by atoms with E-state index in [0.717, 1.165) is 10.0 Å². The van der Waals surface area contributed by atoms with Gasteiger partial charge in [-0.05, 0) is 41.5 Å². The van der Waals surface area contributed by atoms with E-state index in [-0.39, 0.29) is 5.02 Å². The summed E-state index contributed by atoms with van der Waals surface area (Å²) in [5.74, 6) is -0.469. The maximum atomic E-state index is 13.1. The first kappa shape index (κ1) is 14.8. The van der Waals surface area contributed by atoms with E-state index in [0.29, 0.717) is 17.0 Å².